The quantitative estimate of drug-likeness (QED) is 0.396. The fourth-order valence-electron chi connectivity index (χ4n) is 4.19. The maximum Gasteiger partial charge on any atom is 0.416 e. The van der Waals surface area contributed by atoms with Crippen molar-refractivity contribution in [3.8, 4) is 0 Å². The number of allylic oxidation sites excluding steroid dienone is 5. The van der Waals surface area contributed by atoms with Gasteiger partial charge in [0.05, 0.1) is 16.6 Å². The molecule has 0 N–H and O–H groups in total. The van der Waals surface area contributed by atoms with E-state index in [9.17, 15) is 22.8 Å². The highest BCUT2D eigenvalue weighted by Gasteiger charge is 2.30. The normalized spacial score (nSPS) is 15.5. The Bertz CT molecular complexity index is 1540. The minimum atomic E-state index is -4.48. The van der Waals surface area contributed by atoms with Crippen LogP contribution in [-0.4, -0.2) is 10.4 Å². The standard InChI is InChI=1S/C28H20F3NO4/c29-28(30,31)20-10-6-7-18(13-20)14-32-15-22(26(33)21-11-4-5-12-23(21)32)27(34)25-17-35-16-24(36-25)19-8-2-1-3-9-19/h1-2,4-8,10-13,15-17H,3,9,14H2. The predicted octanol–water partition coefficient (Wildman–Crippen LogP) is 6.26. The van der Waals surface area contributed by atoms with E-state index in [0.29, 0.717) is 23.3 Å². The van der Waals surface area contributed by atoms with Gasteiger partial charge in [0.2, 0.25) is 17.0 Å². The number of aromatic nitrogens is 1. The molecule has 2 heterocycles. The summed E-state index contributed by atoms with van der Waals surface area (Å²) in [5.74, 6) is -0.447. The number of ether oxygens (including phenoxy) is 2. The van der Waals surface area contributed by atoms with E-state index in [0.717, 1.165) is 30.4 Å². The van der Waals surface area contributed by atoms with Crippen LogP contribution in [0.15, 0.2) is 107 Å². The number of para-hydroxylation sites is 1. The number of benzene rings is 2. The molecule has 0 saturated carbocycles. The zero-order chi connectivity index (χ0) is 25.3. The van der Waals surface area contributed by atoms with Gasteiger partial charge >= 0.3 is 6.18 Å². The monoisotopic (exact) mass is 491 g/mol. The second-order valence-corrected chi connectivity index (χ2v) is 8.41. The number of carbonyl (C=O) groups is 1. The molecule has 0 atom stereocenters. The van der Waals surface area contributed by atoms with E-state index in [2.05, 4.69) is 0 Å². The van der Waals surface area contributed by atoms with Crippen molar-refractivity contribution in [2.45, 2.75) is 25.6 Å². The Morgan fingerprint density at radius 1 is 1.06 bits per heavy atom. The molecular formula is C28H20F3NO4. The van der Waals surface area contributed by atoms with Gasteiger partial charge < -0.3 is 14.0 Å². The van der Waals surface area contributed by atoms with Crippen LogP contribution in [0.2, 0.25) is 0 Å². The second-order valence-electron chi connectivity index (χ2n) is 8.41. The van der Waals surface area contributed by atoms with Crippen LogP contribution >= 0.6 is 0 Å². The maximum absolute atomic E-state index is 13.4. The van der Waals surface area contributed by atoms with Crippen LogP contribution in [0.5, 0.6) is 0 Å². The van der Waals surface area contributed by atoms with Gasteiger partial charge in [-0.1, -0.05) is 42.5 Å². The average Bonchev–Trinajstić information content (AvgIpc) is 2.90. The number of Topliss-reactive ketones (excluding diaryl/α,β-unsaturated/α-hetero) is 1. The predicted molar refractivity (Wildman–Crippen MR) is 128 cm³/mol. The maximum atomic E-state index is 13.4. The number of hydrogen-bond acceptors (Lipinski definition) is 4. The number of rotatable bonds is 5. The number of fused-ring (bicyclic) bond motifs is 1. The first kappa shape index (κ1) is 23.4. The zero-order valence-corrected chi connectivity index (χ0v) is 18.9. The highest BCUT2D eigenvalue weighted by Crippen LogP contribution is 2.30. The number of hydrogen-bond donors (Lipinski definition) is 0. The van der Waals surface area contributed by atoms with Crippen molar-refractivity contribution in [3.05, 3.63) is 129 Å². The average molecular weight is 491 g/mol. The van der Waals surface area contributed by atoms with Crippen molar-refractivity contribution in [2.75, 3.05) is 0 Å². The van der Waals surface area contributed by atoms with Crippen molar-refractivity contribution in [1.82, 2.24) is 4.57 Å². The van der Waals surface area contributed by atoms with Crippen LogP contribution in [0.3, 0.4) is 0 Å². The van der Waals surface area contributed by atoms with Gasteiger partial charge in [0.15, 0.2) is 5.76 Å². The molecule has 36 heavy (non-hydrogen) atoms. The largest absolute Gasteiger partial charge is 0.465 e. The molecule has 0 radical (unpaired) electrons. The van der Waals surface area contributed by atoms with E-state index in [1.165, 1.54) is 18.5 Å². The van der Waals surface area contributed by atoms with Gasteiger partial charge in [-0.05, 0) is 48.2 Å². The lowest BCUT2D eigenvalue weighted by molar-refractivity contribution is -0.137. The molecule has 8 heteroatoms. The van der Waals surface area contributed by atoms with Crippen molar-refractivity contribution >= 4 is 16.7 Å². The topological polar surface area (TPSA) is 57.5 Å². The van der Waals surface area contributed by atoms with Crippen LogP contribution in [0, 0.1) is 0 Å². The van der Waals surface area contributed by atoms with Gasteiger partial charge in [0.25, 0.3) is 0 Å². The summed E-state index contributed by atoms with van der Waals surface area (Å²) in [6, 6.07) is 11.6. The third-order valence-corrected chi connectivity index (χ3v) is 5.96. The molecule has 182 valence electrons. The Balaban J connectivity index is 1.52. The second kappa shape index (κ2) is 9.37. The summed E-state index contributed by atoms with van der Waals surface area (Å²) in [5.41, 5.74) is 0.273. The number of nitrogens with zero attached hydrogens (tertiary/aromatic N) is 1. The molecule has 0 fully saturated rings. The Morgan fingerprint density at radius 3 is 2.67 bits per heavy atom. The number of carbonyl (C=O) groups excluding carboxylic acids is 1. The lowest BCUT2D eigenvalue weighted by Gasteiger charge is -2.19. The summed E-state index contributed by atoms with van der Waals surface area (Å²) in [4.78, 5) is 26.6. The summed E-state index contributed by atoms with van der Waals surface area (Å²) in [6.45, 7) is 0.0196. The zero-order valence-electron chi connectivity index (χ0n) is 18.9. The van der Waals surface area contributed by atoms with Crippen molar-refractivity contribution in [1.29, 1.82) is 0 Å². The van der Waals surface area contributed by atoms with Crippen molar-refractivity contribution in [2.24, 2.45) is 0 Å². The molecule has 1 aromatic heterocycles. The van der Waals surface area contributed by atoms with E-state index >= 15 is 0 Å². The number of alkyl halides is 3. The van der Waals surface area contributed by atoms with Crippen LogP contribution in [0.25, 0.3) is 10.9 Å². The molecule has 1 aliphatic carbocycles. The Labute approximate surface area is 204 Å². The summed E-state index contributed by atoms with van der Waals surface area (Å²) in [5, 5.41) is 0.267. The van der Waals surface area contributed by atoms with E-state index in [-0.39, 0.29) is 23.3 Å². The minimum absolute atomic E-state index is 0.0196. The number of halogens is 3. The Kier molecular flexibility index (Phi) is 6.10. The third-order valence-electron chi connectivity index (χ3n) is 5.96. The molecular weight excluding hydrogens is 471 g/mol. The molecule has 2 aromatic carbocycles. The van der Waals surface area contributed by atoms with Crippen LogP contribution in [-0.2, 0) is 22.2 Å². The fourth-order valence-corrected chi connectivity index (χ4v) is 4.19. The van der Waals surface area contributed by atoms with Crippen LogP contribution in [0.4, 0.5) is 13.2 Å². The highest BCUT2D eigenvalue weighted by molar-refractivity contribution is 6.08. The first-order chi connectivity index (χ1) is 17.3. The van der Waals surface area contributed by atoms with E-state index in [1.807, 2.05) is 18.2 Å². The summed E-state index contributed by atoms with van der Waals surface area (Å²) in [6.07, 6.45) is 6.71. The van der Waals surface area contributed by atoms with Gasteiger partial charge in [-0.15, -0.1) is 0 Å². The Morgan fingerprint density at radius 2 is 1.89 bits per heavy atom. The van der Waals surface area contributed by atoms with Crippen molar-refractivity contribution < 1.29 is 27.4 Å². The van der Waals surface area contributed by atoms with Gasteiger partial charge in [-0.25, -0.2) is 0 Å². The van der Waals surface area contributed by atoms with E-state index in [4.69, 9.17) is 9.47 Å². The molecule has 3 aromatic rings. The van der Waals surface area contributed by atoms with Crippen LogP contribution in [0.1, 0.15) is 34.3 Å². The molecule has 0 spiro atoms. The SMILES string of the molecule is O=C(C1=COC=C(C2=CC=CCC2)O1)c1cn(Cc2cccc(C(F)(F)F)c2)c2ccccc2c1=O. The summed E-state index contributed by atoms with van der Waals surface area (Å²) < 4.78 is 52.4. The van der Waals surface area contributed by atoms with E-state index in [1.54, 1.807) is 34.9 Å². The number of pyridine rings is 1. The molecule has 0 saturated heterocycles. The minimum Gasteiger partial charge on any atom is -0.465 e. The highest BCUT2D eigenvalue weighted by atomic mass is 19.4. The molecule has 5 rings (SSSR count). The fraction of sp³-hybridized carbons (Fsp3) is 0.143. The van der Waals surface area contributed by atoms with Crippen molar-refractivity contribution in [3.63, 3.8) is 0 Å². The van der Waals surface area contributed by atoms with E-state index < -0.39 is 23.0 Å². The lowest BCUT2D eigenvalue weighted by atomic mass is 10.0. The van der Waals surface area contributed by atoms with Gasteiger partial charge in [-0.3, -0.25) is 9.59 Å². The summed E-state index contributed by atoms with van der Waals surface area (Å²) >= 11 is 0. The molecule has 0 amide bonds. The third kappa shape index (κ3) is 4.62. The molecule has 0 unspecified atom stereocenters. The first-order valence-corrected chi connectivity index (χ1v) is 11.2. The molecule has 0 bridgehead atoms. The van der Waals surface area contributed by atoms with Gasteiger partial charge in [-0.2, -0.15) is 13.2 Å². The molecule has 1 aliphatic heterocycles. The summed E-state index contributed by atoms with van der Waals surface area (Å²) in [7, 11) is 0. The number of ketones is 1. The lowest BCUT2D eigenvalue weighted by Crippen LogP contribution is -2.22. The smallest absolute Gasteiger partial charge is 0.416 e. The van der Waals surface area contributed by atoms with Gasteiger partial charge in [0.1, 0.15) is 12.5 Å². The molecule has 2 aliphatic rings. The first-order valence-electron chi connectivity index (χ1n) is 11.2. The Hall–Kier alpha value is -4.33. The van der Waals surface area contributed by atoms with Crippen LogP contribution < -0.4 is 5.43 Å². The van der Waals surface area contributed by atoms with Gasteiger partial charge in [0, 0.05) is 18.1 Å². The molecule has 5 nitrogen and oxygen atoms in total.